The molecule has 1 unspecified atom stereocenters. The topological polar surface area (TPSA) is 92.5 Å². The van der Waals surface area contributed by atoms with Crippen molar-refractivity contribution >= 4 is 28.3 Å². The molecule has 0 saturated heterocycles. The van der Waals surface area contributed by atoms with Gasteiger partial charge < -0.3 is 10.6 Å². The number of nitrogens with one attached hydrogen (secondary N) is 1. The predicted octanol–water partition coefficient (Wildman–Crippen LogP) is 2.16. The first-order chi connectivity index (χ1) is 11.1. The summed E-state index contributed by atoms with van der Waals surface area (Å²) in [5.41, 5.74) is 7.17. The van der Waals surface area contributed by atoms with Crippen molar-refractivity contribution in [3.8, 4) is 0 Å². The first-order valence-electron chi connectivity index (χ1n) is 8.21. The molecule has 0 radical (unpaired) electrons. The highest BCUT2D eigenvalue weighted by Crippen LogP contribution is 2.17. The van der Waals surface area contributed by atoms with Gasteiger partial charge in [-0.2, -0.15) is 0 Å². The summed E-state index contributed by atoms with van der Waals surface area (Å²) in [7, 11) is -1.88. The maximum Gasteiger partial charge on any atom is 0.253 e. The Morgan fingerprint density at radius 3 is 2.44 bits per heavy atom. The monoisotopic (exact) mass is 391 g/mol. The first kappa shape index (κ1) is 23.9. The minimum atomic E-state index is -3.59. The Morgan fingerprint density at radius 2 is 1.92 bits per heavy atom. The second-order valence-electron chi connectivity index (χ2n) is 6.40. The molecule has 0 aliphatic heterocycles. The van der Waals surface area contributed by atoms with Gasteiger partial charge in [-0.25, -0.2) is 13.1 Å². The number of hydrogen-bond acceptors (Lipinski definition) is 4. The van der Waals surface area contributed by atoms with Gasteiger partial charge in [0.25, 0.3) is 5.91 Å². The number of aryl methyl sites for hydroxylation is 1. The Labute approximate surface area is 157 Å². The lowest BCUT2D eigenvalue weighted by Crippen LogP contribution is -2.35. The van der Waals surface area contributed by atoms with Gasteiger partial charge in [-0.15, -0.1) is 12.4 Å². The smallest absolute Gasteiger partial charge is 0.253 e. The molecular formula is C17H30ClN3O3S. The molecule has 0 aliphatic carbocycles. The Bertz CT molecular complexity index is 678. The Kier molecular flexibility index (Phi) is 9.64. The van der Waals surface area contributed by atoms with E-state index in [1.807, 2.05) is 13.8 Å². The van der Waals surface area contributed by atoms with Gasteiger partial charge in [0.1, 0.15) is 0 Å². The first-order valence-corrected chi connectivity index (χ1v) is 9.69. The number of benzene rings is 1. The van der Waals surface area contributed by atoms with E-state index < -0.39 is 10.0 Å². The molecular weight excluding hydrogens is 362 g/mol. The summed E-state index contributed by atoms with van der Waals surface area (Å²) in [5, 5.41) is 0. The number of sulfonamides is 1. The van der Waals surface area contributed by atoms with Crippen LogP contribution in [0.4, 0.5) is 0 Å². The third kappa shape index (κ3) is 6.58. The summed E-state index contributed by atoms with van der Waals surface area (Å²) < 4.78 is 26.7. The van der Waals surface area contributed by atoms with Crippen molar-refractivity contribution in [2.45, 2.75) is 45.1 Å². The number of amides is 1. The fourth-order valence-corrected chi connectivity index (χ4v) is 3.32. The number of hydrogen-bond donors (Lipinski definition) is 2. The molecule has 0 saturated carbocycles. The van der Waals surface area contributed by atoms with Crippen molar-refractivity contribution < 1.29 is 13.2 Å². The Hall–Kier alpha value is -1.15. The van der Waals surface area contributed by atoms with Crippen LogP contribution in [-0.2, 0) is 10.0 Å². The quantitative estimate of drug-likeness (QED) is 0.710. The number of nitrogens with two attached hydrogens (primary N) is 1. The van der Waals surface area contributed by atoms with Crippen molar-refractivity contribution in [2.24, 2.45) is 11.7 Å². The van der Waals surface area contributed by atoms with Gasteiger partial charge in [0.15, 0.2) is 0 Å². The number of nitrogens with zero attached hydrogens (tertiary/aromatic N) is 1. The second-order valence-corrected chi connectivity index (χ2v) is 8.17. The molecule has 8 heteroatoms. The number of halogens is 1. The van der Waals surface area contributed by atoms with Crippen molar-refractivity contribution in [3.05, 3.63) is 29.3 Å². The highest BCUT2D eigenvalue weighted by Gasteiger charge is 2.20. The maximum absolute atomic E-state index is 12.7. The van der Waals surface area contributed by atoms with Gasteiger partial charge in [-0.1, -0.05) is 26.8 Å². The zero-order valence-corrected chi connectivity index (χ0v) is 17.2. The lowest BCUT2D eigenvalue weighted by molar-refractivity contribution is 0.0788. The van der Waals surface area contributed by atoms with Crippen LogP contribution >= 0.6 is 12.4 Å². The molecule has 0 aliphatic rings. The Morgan fingerprint density at radius 1 is 1.32 bits per heavy atom. The summed E-state index contributed by atoms with van der Waals surface area (Å²) in [4.78, 5) is 14.3. The highest BCUT2D eigenvalue weighted by molar-refractivity contribution is 7.89. The molecule has 1 rings (SSSR count). The zero-order chi connectivity index (χ0) is 18.5. The third-order valence-corrected chi connectivity index (χ3v) is 5.63. The molecule has 0 bridgehead atoms. The molecule has 0 spiro atoms. The Balaban J connectivity index is 0.00000576. The van der Waals surface area contributed by atoms with Crippen molar-refractivity contribution in [1.29, 1.82) is 0 Å². The van der Waals surface area contributed by atoms with Crippen LogP contribution in [0.1, 0.15) is 43.1 Å². The fraction of sp³-hybridized carbons (Fsp3) is 0.588. The molecule has 1 atom stereocenters. The SMILES string of the molecule is CCNS(=O)(=O)c1ccc(C)c(C(=O)N(C)CCC(N)C(C)C)c1.Cl. The van der Waals surface area contributed by atoms with Crippen LogP contribution in [0, 0.1) is 12.8 Å². The van der Waals surface area contributed by atoms with E-state index in [0.29, 0.717) is 31.0 Å². The summed E-state index contributed by atoms with van der Waals surface area (Å²) in [6.07, 6.45) is 0.703. The van der Waals surface area contributed by atoms with Gasteiger partial charge in [0, 0.05) is 31.7 Å². The zero-order valence-electron chi connectivity index (χ0n) is 15.6. The van der Waals surface area contributed by atoms with Crippen LogP contribution < -0.4 is 10.5 Å². The van der Waals surface area contributed by atoms with Gasteiger partial charge in [0.2, 0.25) is 10.0 Å². The number of carbonyl (C=O) groups excluding carboxylic acids is 1. The van der Waals surface area contributed by atoms with E-state index >= 15 is 0 Å². The summed E-state index contributed by atoms with van der Waals surface area (Å²) in [5.74, 6) is 0.154. The molecule has 1 amide bonds. The van der Waals surface area contributed by atoms with Crippen molar-refractivity contribution in [1.82, 2.24) is 9.62 Å². The lowest BCUT2D eigenvalue weighted by atomic mass is 10.0. The normalized spacial score (nSPS) is 12.6. The van der Waals surface area contributed by atoms with E-state index in [1.54, 1.807) is 31.9 Å². The minimum Gasteiger partial charge on any atom is -0.342 e. The minimum absolute atomic E-state index is 0. The fourth-order valence-electron chi connectivity index (χ4n) is 2.26. The van der Waals surface area contributed by atoms with E-state index in [0.717, 1.165) is 5.56 Å². The van der Waals surface area contributed by atoms with E-state index in [-0.39, 0.29) is 29.3 Å². The molecule has 0 fully saturated rings. The van der Waals surface area contributed by atoms with Gasteiger partial charge in [-0.3, -0.25) is 4.79 Å². The average molecular weight is 392 g/mol. The molecule has 144 valence electrons. The van der Waals surface area contributed by atoms with Crippen LogP contribution in [0.5, 0.6) is 0 Å². The van der Waals surface area contributed by atoms with Crippen LogP contribution in [0.2, 0.25) is 0 Å². The average Bonchev–Trinajstić information content (AvgIpc) is 2.51. The van der Waals surface area contributed by atoms with Gasteiger partial charge in [-0.05, 0) is 37.0 Å². The number of carbonyl (C=O) groups is 1. The molecule has 6 nitrogen and oxygen atoms in total. The molecule has 25 heavy (non-hydrogen) atoms. The van der Waals surface area contributed by atoms with Crippen molar-refractivity contribution in [2.75, 3.05) is 20.1 Å². The molecule has 1 aromatic carbocycles. The van der Waals surface area contributed by atoms with Crippen LogP contribution in [0.15, 0.2) is 23.1 Å². The van der Waals surface area contributed by atoms with E-state index in [4.69, 9.17) is 5.73 Å². The largest absolute Gasteiger partial charge is 0.342 e. The third-order valence-electron chi connectivity index (χ3n) is 4.08. The summed E-state index contributed by atoms with van der Waals surface area (Å²) in [6.45, 7) is 8.43. The van der Waals surface area contributed by atoms with Gasteiger partial charge in [0.05, 0.1) is 4.90 Å². The van der Waals surface area contributed by atoms with Gasteiger partial charge >= 0.3 is 0 Å². The number of rotatable bonds is 8. The molecule has 0 aromatic heterocycles. The van der Waals surface area contributed by atoms with Crippen LogP contribution in [-0.4, -0.2) is 45.4 Å². The lowest BCUT2D eigenvalue weighted by Gasteiger charge is -2.22. The summed E-state index contributed by atoms with van der Waals surface area (Å²) >= 11 is 0. The molecule has 0 heterocycles. The van der Waals surface area contributed by atoms with Crippen LogP contribution in [0.25, 0.3) is 0 Å². The second kappa shape index (κ2) is 10.1. The summed E-state index contributed by atoms with van der Waals surface area (Å²) in [6, 6.07) is 4.64. The van der Waals surface area contributed by atoms with E-state index in [2.05, 4.69) is 4.72 Å². The van der Waals surface area contributed by atoms with E-state index in [1.165, 1.54) is 12.1 Å². The maximum atomic E-state index is 12.7. The van der Waals surface area contributed by atoms with Crippen LogP contribution in [0.3, 0.4) is 0 Å². The standard InChI is InChI=1S/C17H29N3O3S.ClH/c1-6-19-24(22,23)14-8-7-13(4)15(11-14)17(21)20(5)10-9-16(18)12(2)3;/h7-8,11-12,16,19H,6,9-10,18H2,1-5H3;1H. The molecule has 1 aromatic rings. The highest BCUT2D eigenvalue weighted by atomic mass is 35.5. The predicted molar refractivity (Wildman–Crippen MR) is 104 cm³/mol. The van der Waals surface area contributed by atoms with Crippen molar-refractivity contribution in [3.63, 3.8) is 0 Å². The molecule has 3 N–H and O–H groups in total. The van der Waals surface area contributed by atoms with E-state index in [9.17, 15) is 13.2 Å².